The Hall–Kier alpha value is -4.04. The number of alkyl halides is 6. The first-order chi connectivity index (χ1) is 20.4. The molecule has 3 aromatic rings. The number of pyridine rings is 1. The Morgan fingerprint density at radius 1 is 1.00 bits per heavy atom. The molecule has 0 spiro atoms. The zero-order valence-corrected chi connectivity index (χ0v) is 23.7. The van der Waals surface area contributed by atoms with Gasteiger partial charge in [-0.2, -0.15) is 26.3 Å². The van der Waals surface area contributed by atoms with Crippen molar-refractivity contribution in [3.63, 3.8) is 0 Å². The van der Waals surface area contributed by atoms with Crippen LogP contribution in [0, 0.1) is 5.82 Å². The molecule has 2 heterocycles. The molecule has 2 aromatic carbocycles. The van der Waals surface area contributed by atoms with E-state index in [-0.39, 0.29) is 34.3 Å². The number of anilines is 2. The molecule has 1 aliphatic heterocycles. The number of hydrogen-bond acceptors (Lipinski definition) is 6. The van der Waals surface area contributed by atoms with Crippen LogP contribution in [0.3, 0.4) is 0 Å². The standard InChI is InChI=1S/C30H28F7N3O4/c1-28(2,17-9-18(29(32,33)34)11-19(10-17)30(35,36)37)27(44)39(3)23-13-38-26(40-7-6-25(43)24(40)15-42)12-22(23)21-5-4-20(31)8-16(21)14-41/h4-5,8-14,24-25,42-43H,6-7,15H2,1-3H3. The number of benzene rings is 2. The number of carbonyl (C=O) groups excluding carboxylic acids is 2. The van der Waals surface area contributed by atoms with Gasteiger partial charge < -0.3 is 20.0 Å². The van der Waals surface area contributed by atoms with E-state index in [1.807, 2.05) is 0 Å². The van der Waals surface area contributed by atoms with Gasteiger partial charge in [0, 0.05) is 24.7 Å². The van der Waals surface area contributed by atoms with Crippen molar-refractivity contribution in [3.05, 3.63) is 76.7 Å². The number of aliphatic hydroxyl groups is 2. The quantitative estimate of drug-likeness (QED) is 0.261. The molecule has 1 saturated heterocycles. The lowest BCUT2D eigenvalue weighted by Crippen LogP contribution is -2.42. The Labute approximate surface area is 247 Å². The highest BCUT2D eigenvalue weighted by Crippen LogP contribution is 2.41. The molecule has 2 unspecified atom stereocenters. The zero-order chi connectivity index (χ0) is 32.8. The molecule has 1 aromatic heterocycles. The van der Waals surface area contributed by atoms with Crippen LogP contribution < -0.4 is 9.80 Å². The van der Waals surface area contributed by atoms with E-state index in [4.69, 9.17) is 0 Å². The van der Waals surface area contributed by atoms with Crippen molar-refractivity contribution in [2.24, 2.45) is 0 Å². The highest BCUT2D eigenvalue weighted by molar-refractivity contribution is 6.04. The normalized spacial score (nSPS) is 17.6. The number of likely N-dealkylation sites (N-methyl/N-ethyl adjacent to an activating group) is 1. The van der Waals surface area contributed by atoms with Crippen LogP contribution in [0.2, 0.25) is 0 Å². The molecule has 4 rings (SSSR count). The Balaban J connectivity index is 1.86. The second-order valence-corrected chi connectivity index (χ2v) is 11.0. The molecule has 0 aliphatic carbocycles. The first-order valence-corrected chi connectivity index (χ1v) is 13.3. The van der Waals surface area contributed by atoms with Gasteiger partial charge in [0.1, 0.15) is 11.6 Å². The highest BCUT2D eigenvalue weighted by Gasteiger charge is 2.41. The van der Waals surface area contributed by atoms with E-state index < -0.39 is 64.9 Å². The minimum atomic E-state index is -5.13. The molecule has 0 saturated carbocycles. The number of aromatic nitrogens is 1. The van der Waals surface area contributed by atoms with Crippen LogP contribution in [-0.4, -0.2) is 59.7 Å². The Bertz CT molecular complexity index is 1540. The van der Waals surface area contributed by atoms with Crippen molar-refractivity contribution in [1.82, 2.24) is 4.98 Å². The summed E-state index contributed by atoms with van der Waals surface area (Å²) >= 11 is 0. The van der Waals surface area contributed by atoms with Crippen molar-refractivity contribution in [1.29, 1.82) is 0 Å². The fraction of sp³-hybridized carbons (Fsp3) is 0.367. The SMILES string of the molecule is CN(C(=O)C(C)(C)c1cc(C(F)(F)F)cc(C(F)(F)F)c1)c1cnc(N2CCC(O)C2CO)cc1-c1ccc(F)cc1C=O. The van der Waals surface area contributed by atoms with E-state index >= 15 is 0 Å². The van der Waals surface area contributed by atoms with E-state index in [0.717, 1.165) is 17.0 Å². The molecule has 2 N–H and O–H groups in total. The molecule has 14 heteroatoms. The Kier molecular flexibility index (Phi) is 8.82. The average molecular weight is 628 g/mol. The van der Waals surface area contributed by atoms with Gasteiger partial charge >= 0.3 is 12.4 Å². The van der Waals surface area contributed by atoms with Gasteiger partial charge in [0.25, 0.3) is 0 Å². The van der Waals surface area contributed by atoms with E-state index in [0.29, 0.717) is 31.4 Å². The van der Waals surface area contributed by atoms with E-state index in [1.54, 1.807) is 4.90 Å². The monoisotopic (exact) mass is 627 g/mol. The number of nitrogens with zero attached hydrogens (tertiary/aromatic N) is 3. The Morgan fingerprint density at radius 3 is 2.14 bits per heavy atom. The average Bonchev–Trinajstić information content (AvgIpc) is 3.34. The molecule has 1 amide bonds. The molecule has 44 heavy (non-hydrogen) atoms. The molecular formula is C30H28F7N3O4. The van der Waals surface area contributed by atoms with Crippen molar-refractivity contribution >= 4 is 23.7 Å². The maximum Gasteiger partial charge on any atom is 0.416 e. The number of carbonyl (C=O) groups is 2. The largest absolute Gasteiger partial charge is 0.416 e. The van der Waals surface area contributed by atoms with Crippen molar-refractivity contribution in [2.75, 3.05) is 30.0 Å². The minimum Gasteiger partial charge on any atom is -0.394 e. The molecule has 1 fully saturated rings. The Morgan fingerprint density at radius 2 is 1.59 bits per heavy atom. The van der Waals surface area contributed by atoms with Gasteiger partial charge in [-0.3, -0.25) is 9.59 Å². The summed E-state index contributed by atoms with van der Waals surface area (Å²) in [6.45, 7) is 2.23. The van der Waals surface area contributed by atoms with Crippen LogP contribution in [0.4, 0.5) is 42.2 Å². The molecule has 236 valence electrons. The van der Waals surface area contributed by atoms with Crippen LogP contribution >= 0.6 is 0 Å². The van der Waals surface area contributed by atoms with Crippen molar-refractivity contribution < 1.29 is 50.5 Å². The summed E-state index contributed by atoms with van der Waals surface area (Å²) < 4.78 is 95.4. The van der Waals surface area contributed by atoms with Crippen molar-refractivity contribution in [2.45, 2.75) is 50.2 Å². The summed E-state index contributed by atoms with van der Waals surface area (Å²) in [5.41, 5.74) is -5.45. The van der Waals surface area contributed by atoms with Gasteiger partial charge in [-0.05, 0) is 67.8 Å². The molecule has 2 atom stereocenters. The zero-order valence-electron chi connectivity index (χ0n) is 23.7. The summed E-state index contributed by atoms with van der Waals surface area (Å²) in [5.74, 6) is -1.42. The third-order valence-corrected chi connectivity index (χ3v) is 7.80. The molecule has 0 radical (unpaired) electrons. The van der Waals surface area contributed by atoms with Crippen molar-refractivity contribution in [3.8, 4) is 11.1 Å². The number of hydrogen-bond donors (Lipinski definition) is 2. The van der Waals surface area contributed by atoms with Gasteiger partial charge in [0.2, 0.25) is 5.91 Å². The summed E-state index contributed by atoms with van der Waals surface area (Å²) in [5, 5.41) is 20.1. The lowest BCUT2D eigenvalue weighted by molar-refractivity contribution is -0.143. The van der Waals surface area contributed by atoms with Gasteiger partial charge in [-0.1, -0.05) is 6.07 Å². The highest BCUT2D eigenvalue weighted by atomic mass is 19.4. The second-order valence-electron chi connectivity index (χ2n) is 11.0. The first kappa shape index (κ1) is 32.9. The van der Waals surface area contributed by atoms with Crippen LogP contribution in [0.25, 0.3) is 11.1 Å². The number of rotatable bonds is 7. The van der Waals surface area contributed by atoms with Crippen LogP contribution in [-0.2, 0) is 22.6 Å². The fourth-order valence-corrected chi connectivity index (χ4v) is 5.26. The van der Waals surface area contributed by atoms with Gasteiger partial charge in [0.15, 0.2) is 6.29 Å². The number of aliphatic hydroxyl groups excluding tert-OH is 2. The maximum atomic E-state index is 14.0. The smallest absolute Gasteiger partial charge is 0.394 e. The predicted octanol–water partition coefficient (Wildman–Crippen LogP) is 5.61. The van der Waals surface area contributed by atoms with E-state index in [1.165, 1.54) is 39.2 Å². The second kappa shape index (κ2) is 11.8. The number of amides is 1. The molecular weight excluding hydrogens is 599 g/mol. The summed E-state index contributed by atoms with van der Waals surface area (Å²) in [6.07, 6.45) is -9.23. The summed E-state index contributed by atoms with van der Waals surface area (Å²) in [6, 6.07) is 4.96. The van der Waals surface area contributed by atoms with Crippen LogP contribution in [0.1, 0.15) is 47.3 Å². The van der Waals surface area contributed by atoms with E-state index in [2.05, 4.69) is 4.98 Å². The summed E-state index contributed by atoms with van der Waals surface area (Å²) in [7, 11) is 1.24. The third-order valence-electron chi connectivity index (χ3n) is 7.80. The minimum absolute atomic E-state index is 0.00449. The molecule has 1 aliphatic rings. The number of aldehydes is 1. The maximum absolute atomic E-state index is 14.0. The predicted molar refractivity (Wildman–Crippen MR) is 147 cm³/mol. The topological polar surface area (TPSA) is 94.0 Å². The molecule has 0 bridgehead atoms. The van der Waals surface area contributed by atoms with Crippen LogP contribution in [0.5, 0.6) is 0 Å². The van der Waals surface area contributed by atoms with Gasteiger partial charge in [-0.25, -0.2) is 9.37 Å². The lowest BCUT2D eigenvalue weighted by Gasteiger charge is -2.32. The third kappa shape index (κ3) is 6.27. The first-order valence-electron chi connectivity index (χ1n) is 13.3. The fourth-order valence-electron chi connectivity index (χ4n) is 5.26. The van der Waals surface area contributed by atoms with Gasteiger partial charge in [0.05, 0.1) is 47.2 Å². The molecule has 7 nitrogen and oxygen atoms in total. The van der Waals surface area contributed by atoms with Crippen LogP contribution in [0.15, 0.2) is 48.7 Å². The number of halogens is 7. The van der Waals surface area contributed by atoms with Gasteiger partial charge in [-0.15, -0.1) is 0 Å². The summed E-state index contributed by atoms with van der Waals surface area (Å²) in [4.78, 5) is 32.7. The lowest BCUT2D eigenvalue weighted by atomic mass is 9.81. The van der Waals surface area contributed by atoms with E-state index in [9.17, 15) is 50.5 Å².